The van der Waals surface area contributed by atoms with Crippen molar-refractivity contribution in [1.82, 2.24) is 19.6 Å². The summed E-state index contributed by atoms with van der Waals surface area (Å²) >= 11 is 13.5. The first-order valence-corrected chi connectivity index (χ1v) is 15.6. The number of nitrogen functional groups attached to an aromatic ring is 1. The SMILES string of the molecule is C=CC(=O)N1CC2(CC(n3nc(N4CCN(C5CCOCC5)CC4(C)C)c(-c4c(Cl)c(Cl)cc(N)c4C=N)c3C)C2)C1. The molecule has 42 heavy (non-hydrogen) atoms. The van der Waals surface area contributed by atoms with Crippen LogP contribution < -0.4 is 10.6 Å². The molecule has 0 radical (unpaired) electrons. The molecule has 0 bridgehead atoms. The number of nitrogens with two attached hydrogens (primary N) is 1. The Morgan fingerprint density at radius 2 is 1.83 bits per heavy atom. The first-order valence-electron chi connectivity index (χ1n) is 14.9. The molecule has 0 atom stereocenters. The van der Waals surface area contributed by atoms with Crippen molar-refractivity contribution in [2.24, 2.45) is 5.41 Å². The van der Waals surface area contributed by atoms with Gasteiger partial charge in [-0.25, -0.2) is 0 Å². The summed E-state index contributed by atoms with van der Waals surface area (Å²) in [6.45, 7) is 16.1. The number of rotatable bonds is 6. The predicted octanol–water partition coefficient (Wildman–Crippen LogP) is 5.17. The minimum atomic E-state index is -0.210. The van der Waals surface area contributed by atoms with Crippen LogP contribution in [0.1, 0.15) is 56.8 Å². The van der Waals surface area contributed by atoms with Crippen LogP contribution in [-0.2, 0) is 9.53 Å². The topological polar surface area (TPSA) is 104 Å². The van der Waals surface area contributed by atoms with E-state index in [4.69, 9.17) is 44.2 Å². The maximum absolute atomic E-state index is 12.1. The molecule has 0 unspecified atom stereocenters. The largest absolute Gasteiger partial charge is 0.398 e. The number of hydrogen-bond acceptors (Lipinski definition) is 7. The summed E-state index contributed by atoms with van der Waals surface area (Å²) < 4.78 is 7.78. The number of anilines is 2. The minimum absolute atomic E-state index is 0.00148. The second kappa shape index (κ2) is 10.8. The van der Waals surface area contributed by atoms with E-state index in [1.165, 1.54) is 12.3 Å². The second-order valence-electron chi connectivity index (χ2n) is 13.2. The van der Waals surface area contributed by atoms with E-state index in [1.807, 2.05) is 4.90 Å². The van der Waals surface area contributed by atoms with Crippen LogP contribution in [0.3, 0.4) is 0 Å². The van der Waals surface area contributed by atoms with Crippen molar-refractivity contribution in [3.63, 3.8) is 0 Å². The minimum Gasteiger partial charge on any atom is -0.398 e. The number of nitrogens with one attached hydrogen (secondary N) is 1. The third-order valence-electron chi connectivity index (χ3n) is 9.93. The molecule has 11 heteroatoms. The maximum Gasteiger partial charge on any atom is 0.245 e. The zero-order chi connectivity index (χ0) is 30.0. The van der Waals surface area contributed by atoms with Crippen molar-refractivity contribution in [2.45, 2.75) is 64.1 Å². The Labute approximate surface area is 258 Å². The molecular formula is C31H41Cl2N7O2. The van der Waals surface area contributed by atoms with Gasteiger partial charge in [0.05, 0.1) is 16.1 Å². The molecule has 1 aromatic carbocycles. The lowest BCUT2D eigenvalue weighted by molar-refractivity contribution is -0.149. The van der Waals surface area contributed by atoms with E-state index < -0.39 is 0 Å². The molecule has 4 fully saturated rings. The third kappa shape index (κ3) is 4.82. The van der Waals surface area contributed by atoms with Crippen molar-refractivity contribution in [3.8, 4) is 11.1 Å². The van der Waals surface area contributed by atoms with Gasteiger partial charge in [0.25, 0.3) is 0 Å². The zero-order valence-corrected chi connectivity index (χ0v) is 26.3. The van der Waals surface area contributed by atoms with Crippen molar-refractivity contribution < 1.29 is 9.53 Å². The van der Waals surface area contributed by atoms with Gasteiger partial charge in [0.15, 0.2) is 5.82 Å². The van der Waals surface area contributed by atoms with Crippen LogP contribution in [-0.4, -0.2) is 89.2 Å². The number of piperazine rings is 1. The van der Waals surface area contributed by atoms with Gasteiger partial charge < -0.3 is 25.7 Å². The molecule has 1 aliphatic carbocycles. The number of carbonyl (C=O) groups is 1. The Balaban J connectivity index is 1.38. The molecule has 3 saturated heterocycles. The van der Waals surface area contributed by atoms with E-state index in [1.54, 1.807) is 6.07 Å². The highest BCUT2D eigenvalue weighted by Crippen LogP contribution is 2.56. The quantitative estimate of drug-likeness (QED) is 0.264. The van der Waals surface area contributed by atoms with E-state index in [0.29, 0.717) is 32.9 Å². The predicted molar refractivity (Wildman–Crippen MR) is 169 cm³/mol. The zero-order valence-electron chi connectivity index (χ0n) is 24.8. The van der Waals surface area contributed by atoms with E-state index in [2.05, 4.69) is 41.8 Å². The smallest absolute Gasteiger partial charge is 0.245 e. The van der Waals surface area contributed by atoms with Gasteiger partial charge in [-0.05, 0) is 58.6 Å². The molecule has 1 amide bonds. The summed E-state index contributed by atoms with van der Waals surface area (Å²) in [4.78, 5) is 18.9. The number of aromatic nitrogens is 2. The Morgan fingerprint density at radius 1 is 1.14 bits per heavy atom. The molecule has 4 aliphatic rings. The summed E-state index contributed by atoms with van der Waals surface area (Å²) in [6.07, 6.45) is 6.70. The van der Waals surface area contributed by atoms with Crippen molar-refractivity contribution >= 4 is 46.8 Å². The lowest BCUT2D eigenvalue weighted by Gasteiger charge is -2.58. The third-order valence-corrected chi connectivity index (χ3v) is 10.7. The van der Waals surface area contributed by atoms with Gasteiger partial charge in [-0.2, -0.15) is 5.10 Å². The average Bonchev–Trinajstić information content (AvgIpc) is 3.24. The fourth-order valence-electron chi connectivity index (χ4n) is 7.77. The number of nitrogens with zero attached hydrogens (tertiary/aromatic N) is 5. The Morgan fingerprint density at radius 3 is 2.45 bits per heavy atom. The number of benzene rings is 1. The van der Waals surface area contributed by atoms with E-state index in [0.717, 1.165) is 88.7 Å². The molecule has 1 spiro atoms. The Hall–Kier alpha value is -2.59. The van der Waals surface area contributed by atoms with Gasteiger partial charge in [0, 0.05) is 97.2 Å². The summed E-state index contributed by atoms with van der Waals surface area (Å²) in [7, 11) is 0. The highest BCUT2D eigenvalue weighted by atomic mass is 35.5. The molecule has 4 heterocycles. The fraction of sp³-hybridized carbons (Fsp3) is 0.581. The highest BCUT2D eigenvalue weighted by molar-refractivity contribution is 6.44. The number of hydrogen-bond donors (Lipinski definition) is 2. The Bertz CT molecular complexity index is 1420. The van der Waals surface area contributed by atoms with Crippen LogP contribution in [0.25, 0.3) is 11.1 Å². The number of carbonyl (C=O) groups excluding carboxylic acids is 1. The number of ether oxygens (including phenoxy) is 1. The van der Waals surface area contributed by atoms with Crippen molar-refractivity contribution in [1.29, 1.82) is 5.41 Å². The summed E-state index contributed by atoms with van der Waals surface area (Å²) in [5.74, 6) is 0.854. The molecule has 1 aromatic heterocycles. The lowest BCUT2D eigenvalue weighted by Crippen LogP contribution is -2.63. The van der Waals surface area contributed by atoms with Crippen LogP contribution in [0.2, 0.25) is 10.0 Å². The van der Waals surface area contributed by atoms with Gasteiger partial charge in [-0.3, -0.25) is 14.4 Å². The van der Waals surface area contributed by atoms with Crippen LogP contribution in [0.5, 0.6) is 0 Å². The molecule has 226 valence electrons. The van der Waals surface area contributed by atoms with E-state index >= 15 is 0 Å². The van der Waals surface area contributed by atoms with Crippen LogP contribution in [0.15, 0.2) is 18.7 Å². The normalized spacial score (nSPS) is 22.6. The summed E-state index contributed by atoms with van der Waals surface area (Å²) in [6, 6.07) is 2.36. The lowest BCUT2D eigenvalue weighted by atomic mass is 9.60. The summed E-state index contributed by atoms with van der Waals surface area (Å²) in [5, 5.41) is 14.3. The summed E-state index contributed by atoms with van der Waals surface area (Å²) in [5.41, 5.74) is 9.84. The first-order chi connectivity index (χ1) is 20.0. The molecular weight excluding hydrogens is 573 g/mol. The van der Waals surface area contributed by atoms with Crippen molar-refractivity contribution in [3.05, 3.63) is 40.0 Å². The second-order valence-corrected chi connectivity index (χ2v) is 13.9. The van der Waals surface area contributed by atoms with Gasteiger partial charge in [-0.15, -0.1) is 0 Å². The van der Waals surface area contributed by atoms with Crippen LogP contribution in [0.4, 0.5) is 11.5 Å². The molecule has 6 rings (SSSR count). The first kappa shape index (κ1) is 29.5. The Kier molecular flexibility index (Phi) is 7.61. The van der Waals surface area contributed by atoms with Gasteiger partial charge in [-0.1, -0.05) is 29.8 Å². The molecule has 3 aliphatic heterocycles. The van der Waals surface area contributed by atoms with E-state index in [9.17, 15) is 4.79 Å². The monoisotopic (exact) mass is 613 g/mol. The van der Waals surface area contributed by atoms with Crippen LogP contribution >= 0.6 is 23.2 Å². The van der Waals surface area contributed by atoms with Gasteiger partial charge >= 0.3 is 0 Å². The molecule has 3 N–H and O–H groups in total. The number of amides is 1. The highest BCUT2D eigenvalue weighted by Gasteiger charge is 2.54. The van der Waals surface area contributed by atoms with Gasteiger partial charge in [0.2, 0.25) is 5.91 Å². The molecule has 1 saturated carbocycles. The maximum atomic E-state index is 12.1. The molecule has 2 aromatic rings. The number of halogens is 2. The number of likely N-dealkylation sites (tertiary alicyclic amines) is 1. The average molecular weight is 615 g/mol. The van der Waals surface area contributed by atoms with Gasteiger partial charge in [0.1, 0.15) is 0 Å². The van der Waals surface area contributed by atoms with Crippen LogP contribution in [0, 0.1) is 17.7 Å². The molecule has 9 nitrogen and oxygen atoms in total. The van der Waals surface area contributed by atoms with Crippen molar-refractivity contribution in [2.75, 3.05) is 56.6 Å². The fourth-order valence-corrected chi connectivity index (χ4v) is 8.23. The van der Waals surface area contributed by atoms with E-state index in [-0.39, 0.29) is 22.9 Å². The standard InChI is InChI=1S/C31H41Cl2N7O2/c1-5-25(41)38-17-31(18-38)13-21(14-31)40-19(2)26(27-22(15-34)24(35)12-23(32)28(27)33)29(36-40)39-9-8-37(16-30(39,3)4)20-6-10-42-11-7-20/h5,12,15,20-21,34H,1,6-11,13-14,16-18,35H2,2-4H3.